The standard InChI is InChI=1S/C9H4ClF3O3S2/c10-5-1-2-8-6(3-5)7(4-17-8)16-18(14,15)9(11,12)13/h1-4H. The van der Waals surface area contributed by atoms with Crippen LogP contribution in [0, 0.1) is 0 Å². The smallest absolute Gasteiger partial charge is 0.374 e. The van der Waals surface area contributed by atoms with Crippen molar-refractivity contribution in [2.75, 3.05) is 0 Å². The van der Waals surface area contributed by atoms with Gasteiger partial charge in [-0.3, -0.25) is 0 Å². The molecule has 0 amide bonds. The molecule has 0 aliphatic heterocycles. The number of fused-ring (bicyclic) bond motifs is 1. The van der Waals surface area contributed by atoms with Crippen molar-refractivity contribution in [3.05, 3.63) is 28.6 Å². The summed E-state index contributed by atoms with van der Waals surface area (Å²) < 4.78 is 62.9. The van der Waals surface area contributed by atoms with Crippen LogP contribution in [0.2, 0.25) is 5.02 Å². The fourth-order valence-corrected chi connectivity index (χ4v) is 2.75. The lowest BCUT2D eigenvalue weighted by molar-refractivity contribution is -0.0499. The van der Waals surface area contributed by atoms with E-state index in [9.17, 15) is 21.6 Å². The van der Waals surface area contributed by atoms with Gasteiger partial charge in [0, 0.05) is 20.5 Å². The first-order valence-corrected chi connectivity index (χ1v) is 7.05. The quantitative estimate of drug-likeness (QED) is 0.625. The molecule has 0 atom stereocenters. The lowest BCUT2D eigenvalue weighted by Crippen LogP contribution is -2.27. The van der Waals surface area contributed by atoms with E-state index in [1.54, 1.807) is 12.1 Å². The maximum atomic E-state index is 12.2. The highest BCUT2D eigenvalue weighted by atomic mass is 35.5. The Kier molecular flexibility index (Phi) is 3.20. The van der Waals surface area contributed by atoms with Gasteiger partial charge in [-0.25, -0.2) is 0 Å². The Morgan fingerprint density at radius 1 is 1.28 bits per heavy atom. The van der Waals surface area contributed by atoms with Gasteiger partial charge < -0.3 is 4.18 Å². The zero-order valence-corrected chi connectivity index (χ0v) is 10.8. The van der Waals surface area contributed by atoms with Crippen molar-refractivity contribution in [1.82, 2.24) is 0 Å². The summed E-state index contributed by atoms with van der Waals surface area (Å²) in [6.45, 7) is 0. The van der Waals surface area contributed by atoms with Crippen molar-refractivity contribution in [2.24, 2.45) is 0 Å². The SMILES string of the molecule is O=S(=O)(Oc1csc2ccc(Cl)cc12)C(F)(F)F. The van der Waals surface area contributed by atoms with Crippen LogP contribution in [0.3, 0.4) is 0 Å². The molecule has 1 heterocycles. The number of hydrogen-bond acceptors (Lipinski definition) is 4. The van der Waals surface area contributed by atoms with Gasteiger partial charge in [0.2, 0.25) is 0 Å². The van der Waals surface area contributed by atoms with Crippen LogP contribution >= 0.6 is 22.9 Å². The van der Waals surface area contributed by atoms with Crippen molar-refractivity contribution in [1.29, 1.82) is 0 Å². The van der Waals surface area contributed by atoms with Crippen LogP contribution in [-0.4, -0.2) is 13.9 Å². The Morgan fingerprint density at radius 2 is 1.94 bits per heavy atom. The molecule has 0 radical (unpaired) electrons. The van der Waals surface area contributed by atoms with Crippen molar-refractivity contribution in [2.45, 2.75) is 5.51 Å². The molecular formula is C9H4ClF3O3S2. The zero-order valence-electron chi connectivity index (χ0n) is 8.36. The summed E-state index contributed by atoms with van der Waals surface area (Å²) in [4.78, 5) is 0. The van der Waals surface area contributed by atoms with E-state index in [4.69, 9.17) is 11.6 Å². The van der Waals surface area contributed by atoms with Crippen LogP contribution in [0.25, 0.3) is 10.1 Å². The molecule has 0 unspecified atom stereocenters. The van der Waals surface area contributed by atoms with Gasteiger partial charge in [0.25, 0.3) is 0 Å². The summed E-state index contributed by atoms with van der Waals surface area (Å²) in [5.41, 5.74) is -5.46. The predicted molar refractivity (Wildman–Crippen MR) is 62.4 cm³/mol. The Balaban J connectivity index is 2.48. The zero-order chi connectivity index (χ0) is 13.6. The fraction of sp³-hybridized carbons (Fsp3) is 0.111. The number of hydrogen-bond donors (Lipinski definition) is 0. The summed E-state index contributed by atoms with van der Waals surface area (Å²) in [6.07, 6.45) is 0. The van der Waals surface area contributed by atoms with Crippen molar-refractivity contribution in [3.63, 3.8) is 0 Å². The lowest BCUT2D eigenvalue weighted by atomic mass is 10.2. The van der Waals surface area contributed by atoms with E-state index in [-0.39, 0.29) is 16.2 Å². The van der Waals surface area contributed by atoms with Gasteiger partial charge in [-0.2, -0.15) is 21.6 Å². The third kappa shape index (κ3) is 2.40. The first-order chi connectivity index (χ1) is 8.21. The van der Waals surface area contributed by atoms with Gasteiger partial charge in [0.05, 0.1) is 0 Å². The highest BCUT2D eigenvalue weighted by Gasteiger charge is 2.48. The van der Waals surface area contributed by atoms with E-state index < -0.39 is 15.6 Å². The van der Waals surface area contributed by atoms with Crippen LogP contribution < -0.4 is 4.18 Å². The van der Waals surface area contributed by atoms with Crippen molar-refractivity contribution in [3.8, 4) is 5.75 Å². The maximum absolute atomic E-state index is 12.2. The number of benzene rings is 1. The molecule has 1 aromatic carbocycles. The topological polar surface area (TPSA) is 43.4 Å². The maximum Gasteiger partial charge on any atom is 0.534 e. The van der Waals surface area contributed by atoms with E-state index in [0.29, 0.717) is 4.70 Å². The second kappa shape index (κ2) is 4.29. The second-order valence-electron chi connectivity index (χ2n) is 3.22. The Labute approximate surface area is 109 Å². The van der Waals surface area contributed by atoms with Gasteiger partial charge in [0.1, 0.15) is 0 Å². The molecule has 0 fully saturated rings. The molecule has 1 aromatic heterocycles. The molecule has 0 saturated heterocycles. The second-order valence-corrected chi connectivity index (χ2v) is 6.11. The van der Waals surface area contributed by atoms with E-state index >= 15 is 0 Å². The van der Waals surface area contributed by atoms with Gasteiger partial charge in [-0.1, -0.05) is 11.6 Å². The average molecular weight is 317 g/mol. The Morgan fingerprint density at radius 3 is 2.56 bits per heavy atom. The first-order valence-electron chi connectivity index (χ1n) is 4.38. The normalized spacial score (nSPS) is 12.9. The van der Waals surface area contributed by atoms with Gasteiger partial charge in [-0.15, -0.1) is 11.3 Å². The number of thiophene rings is 1. The largest absolute Gasteiger partial charge is 0.534 e. The lowest BCUT2D eigenvalue weighted by Gasteiger charge is -2.08. The summed E-state index contributed by atoms with van der Waals surface area (Å²) in [5, 5.41) is 1.68. The highest BCUT2D eigenvalue weighted by molar-refractivity contribution is 7.88. The van der Waals surface area contributed by atoms with Crippen LogP contribution in [0.4, 0.5) is 13.2 Å². The third-order valence-electron chi connectivity index (χ3n) is 1.98. The molecule has 0 saturated carbocycles. The fourth-order valence-electron chi connectivity index (χ4n) is 1.21. The van der Waals surface area contributed by atoms with Gasteiger partial charge >= 0.3 is 15.6 Å². The van der Waals surface area contributed by atoms with E-state index in [1.165, 1.54) is 11.4 Å². The Hall–Kier alpha value is -0.990. The number of rotatable bonds is 2. The minimum atomic E-state index is -5.66. The van der Waals surface area contributed by atoms with Gasteiger partial charge in [-0.05, 0) is 18.2 Å². The minimum Gasteiger partial charge on any atom is -0.374 e. The molecule has 2 aromatic rings. The molecule has 0 N–H and O–H groups in total. The van der Waals surface area contributed by atoms with Crippen LogP contribution in [0.5, 0.6) is 5.75 Å². The third-order valence-corrected chi connectivity index (χ3v) is 4.13. The average Bonchev–Trinajstić information content (AvgIpc) is 2.59. The molecule has 2 rings (SSSR count). The summed E-state index contributed by atoms with van der Waals surface area (Å²) in [6, 6.07) is 4.45. The summed E-state index contributed by atoms with van der Waals surface area (Å²) in [7, 11) is -5.66. The van der Waals surface area contributed by atoms with E-state index in [0.717, 1.165) is 11.3 Å². The molecule has 3 nitrogen and oxygen atoms in total. The van der Waals surface area contributed by atoms with Crippen LogP contribution in [0.15, 0.2) is 23.6 Å². The highest BCUT2D eigenvalue weighted by Crippen LogP contribution is 2.37. The first kappa shape index (κ1) is 13.4. The minimum absolute atomic E-state index is 0.223. The molecule has 0 aliphatic rings. The molecule has 18 heavy (non-hydrogen) atoms. The van der Waals surface area contributed by atoms with E-state index in [1.807, 2.05) is 0 Å². The van der Waals surface area contributed by atoms with Gasteiger partial charge in [0.15, 0.2) is 5.75 Å². The molecule has 0 aliphatic carbocycles. The monoisotopic (exact) mass is 316 g/mol. The van der Waals surface area contributed by atoms with E-state index in [2.05, 4.69) is 4.18 Å². The molecular weight excluding hydrogens is 313 g/mol. The van der Waals surface area contributed by atoms with Crippen molar-refractivity contribution >= 4 is 43.1 Å². The van der Waals surface area contributed by atoms with Crippen molar-refractivity contribution < 1.29 is 25.8 Å². The number of alkyl halides is 3. The molecule has 98 valence electrons. The summed E-state index contributed by atoms with van der Waals surface area (Å²) >= 11 is 6.74. The van der Waals surface area contributed by atoms with Crippen LogP contribution in [0.1, 0.15) is 0 Å². The molecule has 0 spiro atoms. The summed E-state index contributed by atoms with van der Waals surface area (Å²) in [5.74, 6) is -0.380. The molecule has 9 heteroatoms. The molecule has 0 bridgehead atoms. The van der Waals surface area contributed by atoms with Crippen LogP contribution in [-0.2, 0) is 10.1 Å². The Bertz CT molecular complexity index is 691. The number of halogens is 4. The predicted octanol–water partition coefficient (Wildman–Crippen LogP) is 3.78.